The van der Waals surface area contributed by atoms with E-state index in [-0.39, 0.29) is 32.0 Å². The average molecular weight is 224 g/mol. The van der Waals surface area contributed by atoms with Gasteiger partial charge >= 0.3 is 21.1 Å². The number of hydrogen-bond acceptors (Lipinski definition) is 5. The van der Waals surface area contributed by atoms with Crippen molar-refractivity contribution in [2.75, 3.05) is 0 Å². The second-order valence-electron chi connectivity index (χ2n) is 0.447. The van der Waals surface area contributed by atoms with Crippen LogP contribution in [0, 0.1) is 0 Å². The molecule has 0 unspecified atom stereocenters. The smallest absolute Gasteiger partial charge is 2.00 e. The molecule has 0 saturated carbocycles. The van der Waals surface area contributed by atoms with Crippen LogP contribution < -0.4 is 14.7 Å². The molecule has 0 radical (unpaired) electrons. The van der Waals surface area contributed by atoms with Gasteiger partial charge in [0, 0.05) is 0 Å². The van der Waals surface area contributed by atoms with Gasteiger partial charge in [0.15, 0.2) is 0 Å². The Kier molecular flexibility index (Phi) is 22.5. The summed E-state index contributed by atoms with van der Waals surface area (Å²) in [6.07, 6.45) is 0. The maximum Gasteiger partial charge on any atom is 6.00 e. The minimum Gasteiger partial charge on any atom is -2.00 e. The van der Waals surface area contributed by atoms with Gasteiger partial charge in [-0.25, -0.2) is 0 Å². The summed E-state index contributed by atoms with van der Waals surface area (Å²) < 4.78 is 8.55. The standard InChI is InChI=1S/Mo.H3O4P.H2O.O/c;1-5(2,3)4;;/h;(H3,1,2,3,4);1H2;/q+6;;;-2/p-4. The van der Waals surface area contributed by atoms with Crippen molar-refractivity contribution < 1.29 is 51.3 Å². The zero-order chi connectivity index (χ0) is 4.50. The van der Waals surface area contributed by atoms with Crippen LogP contribution in [0.4, 0.5) is 0 Å². The fourth-order valence-corrected chi connectivity index (χ4v) is 0. The Morgan fingerprint density at radius 3 is 1.12 bits per heavy atom. The maximum absolute atomic E-state index is 8.55. The Morgan fingerprint density at radius 1 is 1.12 bits per heavy atom. The van der Waals surface area contributed by atoms with Gasteiger partial charge in [-0.15, -0.1) is 0 Å². The first-order valence-electron chi connectivity index (χ1n) is 0.730. The quantitative estimate of drug-likeness (QED) is 0.315. The van der Waals surface area contributed by atoms with Crippen molar-refractivity contribution in [2.24, 2.45) is 0 Å². The van der Waals surface area contributed by atoms with Crippen LogP contribution >= 0.6 is 7.82 Å². The molecule has 0 heterocycles. The third kappa shape index (κ3) is 426. The largest absolute Gasteiger partial charge is 6.00 e. The van der Waals surface area contributed by atoms with Crippen LogP contribution in [0.2, 0.25) is 0 Å². The van der Waals surface area contributed by atoms with E-state index in [2.05, 4.69) is 0 Å². The molecule has 0 aromatic rings. The van der Waals surface area contributed by atoms with Crippen molar-refractivity contribution in [1.29, 1.82) is 0 Å². The van der Waals surface area contributed by atoms with Gasteiger partial charge in [-0.05, 0) is 0 Å². The van der Waals surface area contributed by atoms with Crippen molar-refractivity contribution in [1.82, 2.24) is 0 Å². The molecular weight excluding hydrogens is 223 g/mol. The maximum atomic E-state index is 8.55. The monoisotopic (exact) mass is 226 g/mol. The Bertz CT molecular complexity index is 54.7. The minimum atomic E-state index is -5.39. The Labute approximate surface area is 59.7 Å². The van der Waals surface area contributed by atoms with Crippen LogP contribution in [0.1, 0.15) is 0 Å². The van der Waals surface area contributed by atoms with Gasteiger partial charge in [0.2, 0.25) is 0 Å². The molecule has 0 aliphatic heterocycles. The summed E-state index contributed by atoms with van der Waals surface area (Å²) in [4.78, 5) is 25.6. The molecule has 0 fully saturated rings. The summed E-state index contributed by atoms with van der Waals surface area (Å²) in [5.74, 6) is 0. The first kappa shape index (κ1) is 23.3. The van der Waals surface area contributed by atoms with Crippen molar-refractivity contribution in [3.05, 3.63) is 0 Å². The zero-order valence-electron chi connectivity index (χ0n) is 3.34. The summed E-state index contributed by atoms with van der Waals surface area (Å²) in [7, 11) is -5.39. The van der Waals surface area contributed by atoms with Crippen LogP contribution in [0.3, 0.4) is 0 Å². The Balaban J connectivity index is -0.0000000267. The molecule has 0 aliphatic rings. The van der Waals surface area contributed by atoms with Gasteiger partial charge in [0.1, 0.15) is 0 Å². The van der Waals surface area contributed by atoms with Crippen LogP contribution in [0.25, 0.3) is 0 Å². The molecule has 8 heteroatoms. The van der Waals surface area contributed by atoms with E-state index in [9.17, 15) is 0 Å². The molecule has 0 bridgehead atoms. The molecule has 0 amide bonds. The van der Waals surface area contributed by atoms with E-state index in [0.29, 0.717) is 0 Å². The van der Waals surface area contributed by atoms with Gasteiger partial charge in [0.25, 0.3) is 0 Å². The molecule has 48 valence electrons. The third-order valence-corrected chi connectivity index (χ3v) is 0. The number of phosphoric acid groups is 1. The van der Waals surface area contributed by atoms with E-state index in [4.69, 9.17) is 19.2 Å². The summed E-state index contributed by atoms with van der Waals surface area (Å²) in [5, 5.41) is 0. The van der Waals surface area contributed by atoms with Gasteiger partial charge in [-0.2, -0.15) is 7.82 Å². The van der Waals surface area contributed by atoms with Crippen molar-refractivity contribution >= 4 is 7.82 Å². The van der Waals surface area contributed by atoms with Crippen LogP contribution in [-0.2, 0) is 31.1 Å². The predicted octanol–water partition coefficient (Wildman–Crippen LogP) is -3.12. The molecular formula is HMoO6P. The molecule has 0 atom stereocenters. The second kappa shape index (κ2) is 7.72. The molecule has 8 heavy (non-hydrogen) atoms. The summed E-state index contributed by atoms with van der Waals surface area (Å²) >= 11 is 0. The molecule has 0 aromatic heterocycles. The van der Waals surface area contributed by atoms with E-state index in [1.54, 1.807) is 0 Å². The predicted molar refractivity (Wildman–Crippen MR) is 10.2 cm³/mol. The van der Waals surface area contributed by atoms with Gasteiger partial charge in [0.05, 0.1) is 0 Å². The fraction of sp³-hybridized carbons (Fsp3) is 0. The van der Waals surface area contributed by atoms with Crippen LogP contribution in [0.15, 0.2) is 0 Å². The SMILES string of the molecule is O=P([O-])([O-])[O-].[Mo+6].[O-2].[OH-]. The van der Waals surface area contributed by atoms with Crippen LogP contribution in [-0.4, -0.2) is 5.48 Å². The van der Waals surface area contributed by atoms with Crippen molar-refractivity contribution in [2.45, 2.75) is 0 Å². The van der Waals surface area contributed by atoms with Crippen molar-refractivity contribution in [3.63, 3.8) is 0 Å². The Morgan fingerprint density at radius 2 is 1.12 bits per heavy atom. The number of rotatable bonds is 0. The van der Waals surface area contributed by atoms with E-state index in [1.807, 2.05) is 0 Å². The molecule has 0 spiro atoms. The Hall–Kier alpha value is 0.718. The fourth-order valence-electron chi connectivity index (χ4n) is 0. The molecule has 0 rings (SSSR count). The zero-order valence-corrected chi connectivity index (χ0v) is 6.25. The van der Waals surface area contributed by atoms with Crippen molar-refractivity contribution in [3.8, 4) is 0 Å². The van der Waals surface area contributed by atoms with E-state index < -0.39 is 7.82 Å². The van der Waals surface area contributed by atoms with Gasteiger partial charge < -0.3 is 30.2 Å². The topological polar surface area (TPSA) is 145 Å². The first-order valence-corrected chi connectivity index (χ1v) is 2.19. The molecule has 1 N–H and O–H groups in total. The van der Waals surface area contributed by atoms with Gasteiger partial charge in [-0.1, -0.05) is 0 Å². The molecule has 0 aromatic carbocycles. The molecule has 6 nitrogen and oxygen atoms in total. The summed E-state index contributed by atoms with van der Waals surface area (Å²) in [6, 6.07) is 0. The third-order valence-electron chi connectivity index (χ3n) is 0. The second-order valence-corrected chi connectivity index (χ2v) is 1.34. The molecule has 0 aliphatic carbocycles. The van der Waals surface area contributed by atoms with E-state index in [0.717, 1.165) is 0 Å². The minimum absolute atomic E-state index is 0. The average Bonchev–Trinajstić information content (AvgIpc) is 0.722. The summed E-state index contributed by atoms with van der Waals surface area (Å²) in [6.45, 7) is 0. The van der Waals surface area contributed by atoms with Crippen LogP contribution in [0.5, 0.6) is 0 Å². The van der Waals surface area contributed by atoms with E-state index in [1.165, 1.54) is 0 Å². The van der Waals surface area contributed by atoms with Gasteiger partial charge in [-0.3, -0.25) is 0 Å². The molecule has 0 saturated heterocycles. The van der Waals surface area contributed by atoms with E-state index >= 15 is 0 Å². The first-order chi connectivity index (χ1) is 2.00. The number of hydrogen-bond donors (Lipinski definition) is 0. The normalized spacial score (nSPS) is 7.38. The summed E-state index contributed by atoms with van der Waals surface area (Å²) in [5.41, 5.74) is 0.